The Labute approximate surface area is 187 Å². The summed E-state index contributed by atoms with van der Waals surface area (Å²) >= 11 is 0. The van der Waals surface area contributed by atoms with E-state index < -0.39 is 5.54 Å². The van der Waals surface area contributed by atoms with Gasteiger partial charge >= 0.3 is 0 Å². The van der Waals surface area contributed by atoms with Gasteiger partial charge in [-0.1, -0.05) is 42.5 Å². The van der Waals surface area contributed by atoms with Crippen molar-refractivity contribution in [1.82, 2.24) is 9.80 Å². The largest absolute Gasteiger partial charge is 0.457 e. The van der Waals surface area contributed by atoms with Crippen LogP contribution in [0.25, 0.3) is 17.4 Å². The number of nitriles is 1. The van der Waals surface area contributed by atoms with E-state index in [1.165, 1.54) is 9.80 Å². The predicted molar refractivity (Wildman–Crippen MR) is 121 cm³/mol. The topological polar surface area (TPSA) is 77.5 Å². The molecule has 1 aromatic heterocycles. The van der Waals surface area contributed by atoms with Crippen LogP contribution >= 0.6 is 0 Å². The molecular weight excluding hydrogens is 402 g/mol. The second-order valence-electron chi connectivity index (χ2n) is 8.05. The number of furan rings is 1. The van der Waals surface area contributed by atoms with Gasteiger partial charge in [0.15, 0.2) is 0 Å². The summed E-state index contributed by atoms with van der Waals surface area (Å²) in [6, 6.07) is 22.4. The van der Waals surface area contributed by atoms with Crippen LogP contribution in [0.5, 0.6) is 0 Å². The van der Waals surface area contributed by atoms with Crippen molar-refractivity contribution in [3.05, 3.63) is 89.3 Å². The maximum Gasteiger partial charge on any atom is 0.271 e. The third-order valence-electron chi connectivity index (χ3n) is 6.00. The Morgan fingerprint density at radius 1 is 1.00 bits per heavy atom. The third kappa shape index (κ3) is 3.58. The van der Waals surface area contributed by atoms with Crippen LogP contribution in [0, 0.1) is 11.3 Å². The number of amides is 2. The molecule has 1 atom stereocenters. The summed E-state index contributed by atoms with van der Waals surface area (Å²) < 4.78 is 5.89. The zero-order chi connectivity index (χ0) is 22.9. The minimum absolute atomic E-state index is 0.170. The van der Waals surface area contributed by atoms with E-state index in [2.05, 4.69) is 6.07 Å². The first-order chi connectivity index (χ1) is 15.3. The minimum atomic E-state index is -0.995. The van der Waals surface area contributed by atoms with Crippen LogP contribution in [0.15, 0.2) is 76.8 Å². The molecule has 1 aliphatic heterocycles. The van der Waals surface area contributed by atoms with Gasteiger partial charge in [-0.2, -0.15) is 5.26 Å². The monoisotopic (exact) mass is 425 g/mol. The first-order valence-corrected chi connectivity index (χ1v) is 10.3. The summed E-state index contributed by atoms with van der Waals surface area (Å²) in [5.41, 5.74) is 1.39. The number of carbonyl (C=O) groups excluding carboxylic acids is 2. The van der Waals surface area contributed by atoms with Gasteiger partial charge in [-0.25, -0.2) is 0 Å². The lowest BCUT2D eigenvalue weighted by atomic mass is 9.87. The average Bonchev–Trinajstić information content (AvgIpc) is 3.29. The Hall–Kier alpha value is -4.11. The second kappa shape index (κ2) is 8.20. The smallest absolute Gasteiger partial charge is 0.271 e. The van der Waals surface area contributed by atoms with Crippen LogP contribution in [-0.2, 0) is 16.0 Å². The summed E-state index contributed by atoms with van der Waals surface area (Å²) in [7, 11) is 3.26. The fourth-order valence-electron chi connectivity index (χ4n) is 4.01. The van der Waals surface area contributed by atoms with E-state index in [0.29, 0.717) is 29.1 Å². The summed E-state index contributed by atoms with van der Waals surface area (Å²) in [5.74, 6) is 0.515. The third-order valence-corrected chi connectivity index (χ3v) is 6.00. The normalized spacial score (nSPS) is 20.0. The van der Waals surface area contributed by atoms with Crippen molar-refractivity contribution in [3.63, 3.8) is 0 Å². The Morgan fingerprint density at radius 2 is 1.69 bits per heavy atom. The number of piperazine rings is 1. The minimum Gasteiger partial charge on any atom is -0.457 e. The standard InChI is InChI=1S/C26H23N3O3/c1-26(16-18-9-5-4-6-10-18)25(31)28(2)22(24(30)29(26)3)15-20-13-14-23(32-20)21-12-8-7-11-19(21)17-27/h4-15H,16H2,1-3H3/b22-15-. The molecular formula is C26H23N3O3. The molecule has 2 heterocycles. The Morgan fingerprint density at radius 3 is 2.41 bits per heavy atom. The maximum atomic E-state index is 13.3. The lowest BCUT2D eigenvalue weighted by Crippen LogP contribution is -2.64. The van der Waals surface area contributed by atoms with Crippen molar-refractivity contribution in [2.45, 2.75) is 18.9 Å². The van der Waals surface area contributed by atoms with Crippen LogP contribution < -0.4 is 0 Å². The van der Waals surface area contributed by atoms with Crippen molar-refractivity contribution < 1.29 is 14.0 Å². The van der Waals surface area contributed by atoms with E-state index >= 15 is 0 Å². The van der Waals surface area contributed by atoms with Crippen LogP contribution in [0.1, 0.15) is 23.8 Å². The molecule has 1 unspecified atom stereocenters. The lowest BCUT2D eigenvalue weighted by molar-refractivity contribution is -0.155. The molecule has 0 spiro atoms. The molecule has 1 saturated heterocycles. The van der Waals surface area contributed by atoms with Gasteiger partial charge in [0.1, 0.15) is 22.8 Å². The average molecular weight is 425 g/mol. The van der Waals surface area contributed by atoms with E-state index in [0.717, 1.165) is 5.56 Å². The van der Waals surface area contributed by atoms with Crippen molar-refractivity contribution in [2.24, 2.45) is 0 Å². The number of benzene rings is 2. The van der Waals surface area contributed by atoms with Gasteiger partial charge in [-0.05, 0) is 36.8 Å². The highest BCUT2D eigenvalue weighted by atomic mass is 16.3. The first-order valence-electron chi connectivity index (χ1n) is 10.3. The van der Waals surface area contributed by atoms with Gasteiger partial charge in [0, 0.05) is 32.2 Å². The molecule has 2 amide bonds. The van der Waals surface area contributed by atoms with Gasteiger partial charge in [0.25, 0.3) is 11.8 Å². The summed E-state index contributed by atoms with van der Waals surface area (Å²) in [6.07, 6.45) is 1.99. The Kier molecular flexibility index (Phi) is 5.41. The second-order valence-corrected chi connectivity index (χ2v) is 8.05. The highest BCUT2D eigenvalue weighted by Gasteiger charge is 2.48. The Balaban J connectivity index is 1.65. The van der Waals surface area contributed by atoms with Gasteiger partial charge < -0.3 is 14.2 Å². The molecule has 32 heavy (non-hydrogen) atoms. The van der Waals surface area contributed by atoms with Crippen molar-refractivity contribution in [2.75, 3.05) is 14.1 Å². The quantitative estimate of drug-likeness (QED) is 0.590. The number of carbonyl (C=O) groups is 2. The SMILES string of the molecule is CN1C(=O)C(C)(Cc2ccccc2)N(C)C(=O)/C1=C/c1ccc(-c2ccccc2C#N)o1. The highest BCUT2D eigenvalue weighted by Crippen LogP contribution is 2.32. The molecule has 3 aromatic rings. The molecule has 1 aliphatic rings. The maximum absolute atomic E-state index is 13.3. The molecule has 6 nitrogen and oxygen atoms in total. The van der Waals surface area contributed by atoms with E-state index in [9.17, 15) is 14.9 Å². The van der Waals surface area contributed by atoms with Gasteiger partial charge in [0.05, 0.1) is 11.6 Å². The van der Waals surface area contributed by atoms with E-state index in [4.69, 9.17) is 4.42 Å². The summed E-state index contributed by atoms with van der Waals surface area (Å²) in [6.45, 7) is 1.79. The van der Waals surface area contributed by atoms with E-state index in [1.54, 1.807) is 57.4 Å². The zero-order valence-electron chi connectivity index (χ0n) is 18.2. The molecule has 6 heteroatoms. The number of hydrogen-bond acceptors (Lipinski definition) is 4. The van der Waals surface area contributed by atoms with E-state index in [1.807, 2.05) is 36.4 Å². The molecule has 0 radical (unpaired) electrons. The van der Waals surface area contributed by atoms with E-state index in [-0.39, 0.29) is 17.5 Å². The zero-order valence-corrected chi connectivity index (χ0v) is 18.2. The van der Waals surface area contributed by atoms with Crippen molar-refractivity contribution in [3.8, 4) is 17.4 Å². The fraction of sp³-hybridized carbons (Fsp3) is 0.192. The molecule has 0 saturated carbocycles. The summed E-state index contributed by atoms with van der Waals surface area (Å²) in [5, 5.41) is 9.33. The van der Waals surface area contributed by atoms with Crippen molar-refractivity contribution >= 4 is 17.9 Å². The number of hydrogen-bond donors (Lipinski definition) is 0. The molecule has 0 bridgehead atoms. The lowest BCUT2D eigenvalue weighted by Gasteiger charge is -2.45. The number of nitrogens with zero attached hydrogens (tertiary/aromatic N) is 3. The Bertz CT molecular complexity index is 1250. The molecule has 0 N–H and O–H groups in total. The molecule has 2 aromatic carbocycles. The predicted octanol–water partition coefficient (Wildman–Crippen LogP) is 4.09. The fourth-order valence-corrected chi connectivity index (χ4v) is 4.01. The first kappa shape index (κ1) is 21.1. The van der Waals surface area contributed by atoms with Crippen LogP contribution in [0.2, 0.25) is 0 Å². The molecule has 160 valence electrons. The van der Waals surface area contributed by atoms with Gasteiger partial charge in [-0.15, -0.1) is 0 Å². The van der Waals surface area contributed by atoms with Gasteiger partial charge in [0.2, 0.25) is 0 Å². The molecule has 4 rings (SSSR count). The van der Waals surface area contributed by atoms with Crippen LogP contribution in [0.4, 0.5) is 0 Å². The molecule has 1 fully saturated rings. The summed E-state index contributed by atoms with van der Waals surface area (Å²) in [4.78, 5) is 29.5. The van der Waals surface area contributed by atoms with Gasteiger partial charge in [-0.3, -0.25) is 9.59 Å². The van der Waals surface area contributed by atoms with Crippen LogP contribution in [-0.4, -0.2) is 41.2 Å². The highest BCUT2D eigenvalue weighted by molar-refractivity contribution is 6.08. The van der Waals surface area contributed by atoms with Crippen molar-refractivity contribution in [1.29, 1.82) is 5.26 Å². The van der Waals surface area contributed by atoms with Crippen LogP contribution in [0.3, 0.4) is 0 Å². The number of likely N-dealkylation sites (N-methyl/N-ethyl adjacent to an activating group) is 2. The number of rotatable bonds is 4. The molecule has 0 aliphatic carbocycles.